The van der Waals surface area contributed by atoms with E-state index in [2.05, 4.69) is 20.1 Å². The lowest BCUT2D eigenvalue weighted by Gasteiger charge is -2.33. The summed E-state index contributed by atoms with van der Waals surface area (Å²) in [6, 6.07) is 6.84. The molecule has 4 aromatic rings. The number of H-pyrrole nitrogens is 1. The van der Waals surface area contributed by atoms with Gasteiger partial charge in [0.2, 0.25) is 11.7 Å². The molecule has 5 heterocycles. The lowest BCUT2D eigenvalue weighted by molar-refractivity contribution is 0.0440. The van der Waals surface area contributed by atoms with Gasteiger partial charge in [0.1, 0.15) is 11.6 Å². The first-order valence-corrected chi connectivity index (χ1v) is 10.4. The second-order valence-corrected chi connectivity index (χ2v) is 8.58. The third kappa shape index (κ3) is 3.48. The first kappa shape index (κ1) is 21.3. The van der Waals surface area contributed by atoms with Gasteiger partial charge in [0.05, 0.1) is 23.2 Å². The number of aromatic amines is 1. The number of imidazole rings is 1. The summed E-state index contributed by atoms with van der Waals surface area (Å²) in [4.78, 5) is 26.2. The maximum atomic E-state index is 13.7. The molecule has 0 aromatic carbocycles. The zero-order valence-corrected chi connectivity index (χ0v) is 18.2. The third-order valence-corrected chi connectivity index (χ3v) is 5.74. The maximum Gasteiger partial charge on any atom is 0.292 e. The van der Waals surface area contributed by atoms with Gasteiger partial charge >= 0.3 is 0 Å². The molecular weight excluding hydrogens is 434 g/mol. The molecule has 2 N–H and O–H groups in total. The molecule has 0 radical (unpaired) electrons. The molecule has 0 bridgehead atoms. The van der Waals surface area contributed by atoms with E-state index in [1.54, 1.807) is 4.52 Å². The zero-order chi connectivity index (χ0) is 23.5. The molecule has 1 atom stereocenters. The van der Waals surface area contributed by atoms with E-state index in [1.807, 2.05) is 31.2 Å². The molecule has 1 aliphatic heterocycles. The van der Waals surface area contributed by atoms with Crippen molar-refractivity contribution in [3.63, 3.8) is 0 Å². The number of halogens is 2. The number of fused-ring (bicyclic) bond motifs is 2. The van der Waals surface area contributed by atoms with Crippen molar-refractivity contribution < 1.29 is 23.1 Å². The fraction of sp³-hybridized carbons (Fsp3) is 0.364. The summed E-state index contributed by atoms with van der Waals surface area (Å²) in [6.45, 7) is 4.84. The molecule has 9 nitrogen and oxygen atoms in total. The topological polar surface area (TPSA) is 113 Å². The number of pyridine rings is 1. The summed E-state index contributed by atoms with van der Waals surface area (Å²) in [6.07, 6.45) is -1.05. The molecule has 4 aromatic heterocycles. The summed E-state index contributed by atoms with van der Waals surface area (Å²) < 4.78 is 34.6. The predicted octanol–water partition coefficient (Wildman–Crippen LogP) is 3.31. The highest BCUT2D eigenvalue weighted by molar-refractivity contribution is 5.93. The van der Waals surface area contributed by atoms with Crippen molar-refractivity contribution in [3.8, 4) is 0 Å². The number of hydrogen-bond acceptors (Lipinski definition) is 6. The number of aliphatic hydroxyl groups is 1. The first-order valence-electron chi connectivity index (χ1n) is 10.4. The predicted molar refractivity (Wildman–Crippen MR) is 112 cm³/mol. The van der Waals surface area contributed by atoms with E-state index in [4.69, 9.17) is 4.42 Å². The van der Waals surface area contributed by atoms with Gasteiger partial charge in [0.25, 0.3) is 12.3 Å². The van der Waals surface area contributed by atoms with E-state index in [0.29, 0.717) is 17.8 Å². The Hall–Kier alpha value is -3.60. The smallest absolute Gasteiger partial charge is 0.292 e. The maximum absolute atomic E-state index is 13.7. The number of rotatable bonds is 4. The summed E-state index contributed by atoms with van der Waals surface area (Å²) in [5, 5.41) is 14.9. The Morgan fingerprint density at radius 3 is 2.85 bits per heavy atom. The molecule has 0 fully saturated rings. The van der Waals surface area contributed by atoms with Crippen molar-refractivity contribution in [2.45, 2.75) is 45.3 Å². The van der Waals surface area contributed by atoms with Crippen LogP contribution in [-0.2, 0) is 12.0 Å². The fourth-order valence-corrected chi connectivity index (χ4v) is 4.13. The van der Waals surface area contributed by atoms with Gasteiger partial charge in [0, 0.05) is 24.4 Å². The Balaban J connectivity index is 1.63. The second-order valence-electron chi connectivity index (χ2n) is 8.58. The van der Waals surface area contributed by atoms with Crippen LogP contribution >= 0.6 is 0 Å². The number of nitrogens with zero attached hydrogens (tertiary/aromatic N) is 5. The Morgan fingerprint density at radius 1 is 1.36 bits per heavy atom. The highest BCUT2D eigenvalue weighted by atomic mass is 19.3. The van der Waals surface area contributed by atoms with Crippen LogP contribution in [0, 0.1) is 6.92 Å². The van der Waals surface area contributed by atoms with Crippen molar-refractivity contribution >= 4 is 11.4 Å². The minimum absolute atomic E-state index is 0.229. The van der Waals surface area contributed by atoms with Crippen LogP contribution in [0.3, 0.4) is 0 Å². The van der Waals surface area contributed by atoms with E-state index in [-0.39, 0.29) is 12.4 Å². The molecule has 1 aliphatic rings. The standard InChI is InChI=1S/C22H22F2N6O3/c1-11-5-4-6-12-9-14(28-30(11)12)17-15-13(25-10-26-15)7-8-29(17)20(31)18-16(19(23)24)27-21(33-18)22(2,3)32/h4-6,9-10,17,19,32H,7-8H2,1-3H3,(H,25,26)/t17-/m0/s1. The monoisotopic (exact) mass is 456 g/mol. The van der Waals surface area contributed by atoms with Crippen LogP contribution < -0.4 is 0 Å². The number of oxazole rings is 1. The van der Waals surface area contributed by atoms with Crippen molar-refractivity contribution in [2.24, 2.45) is 0 Å². The van der Waals surface area contributed by atoms with Gasteiger partial charge < -0.3 is 19.4 Å². The van der Waals surface area contributed by atoms with Gasteiger partial charge in [-0.1, -0.05) is 6.07 Å². The number of carbonyl (C=O) groups excluding carboxylic acids is 1. The Bertz CT molecular complexity index is 1350. The number of alkyl halides is 2. The molecule has 1 amide bonds. The minimum atomic E-state index is -3.05. The highest BCUT2D eigenvalue weighted by Gasteiger charge is 2.40. The third-order valence-electron chi connectivity index (χ3n) is 5.74. The number of amides is 1. The summed E-state index contributed by atoms with van der Waals surface area (Å²) >= 11 is 0. The van der Waals surface area contributed by atoms with Crippen LogP contribution in [0.1, 0.15) is 71.2 Å². The average Bonchev–Trinajstić information content (AvgIpc) is 3.49. The second kappa shape index (κ2) is 7.48. The Morgan fingerprint density at radius 2 is 2.15 bits per heavy atom. The average molecular weight is 456 g/mol. The van der Waals surface area contributed by atoms with Gasteiger partial charge in [0.15, 0.2) is 5.69 Å². The lowest BCUT2D eigenvalue weighted by Crippen LogP contribution is -2.41. The van der Waals surface area contributed by atoms with E-state index in [0.717, 1.165) is 16.9 Å². The minimum Gasteiger partial charge on any atom is -0.432 e. The van der Waals surface area contributed by atoms with Gasteiger partial charge in [-0.2, -0.15) is 5.10 Å². The Kier molecular flexibility index (Phi) is 4.82. The van der Waals surface area contributed by atoms with Crippen molar-refractivity contribution in [2.75, 3.05) is 6.54 Å². The summed E-state index contributed by atoms with van der Waals surface area (Å²) in [5.41, 5.74) is 1.30. The first-order chi connectivity index (χ1) is 15.6. The molecule has 5 rings (SSSR count). The van der Waals surface area contributed by atoms with Crippen LogP contribution in [0.25, 0.3) is 5.52 Å². The van der Waals surface area contributed by atoms with Crippen LogP contribution in [0.4, 0.5) is 8.78 Å². The molecular formula is C22H22F2N6O3. The largest absolute Gasteiger partial charge is 0.432 e. The van der Waals surface area contributed by atoms with Crippen molar-refractivity contribution in [3.05, 3.63) is 70.7 Å². The van der Waals surface area contributed by atoms with E-state index in [1.165, 1.54) is 25.1 Å². The van der Waals surface area contributed by atoms with Crippen LogP contribution in [-0.4, -0.2) is 47.0 Å². The van der Waals surface area contributed by atoms with E-state index >= 15 is 0 Å². The number of aryl methyl sites for hydroxylation is 1. The van der Waals surface area contributed by atoms with Crippen LogP contribution in [0.2, 0.25) is 0 Å². The SMILES string of the molecule is Cc1cccc2cc([C@H]3c4nc[nH]c4CCN3C(=O)c3oc(C(C)(C)O)nc3C(F)F)nn12. The van der Waals surface area contributed by atoms with E-state index < -0.39 is 35.4 Å². The molecule has 33 heavy (non-hydrogen) atoms. The Labute approximate surface area is 187 Å². The molecule has 11 heteroatoms. The van der Waals surface area contributed by atoms with Gasteiger partial charge in [-0.25, -0.2) is 23.3 Å². The van der Waals surface area contributed by atoms with Crippen LogP contribution in [0.5, 0.6) is 0 Å². The van der Waals surface area contributed by atoms with Crippen LogP contribution in [0.15, 0.2) is 35.0 Å². The van der Waals surface area contributed by atoms with Gasteiger partial charge in [-0.3, -0.25) is 4.79 Å². The lowest BCUT2D eigenvalue weighted by atomic mass is 9.99. The molecule has 0 unspecified atom stereocenters. The molecule has 0 saturated heterocycles. The molecule has 0 spiro atoms. The van der Waals surface area contributed by atoms with Crippen molar-refractivity contribution in [1.29, 1.82) is 0 Å². The molecule has 0 saturated carbocycles. The van der Waals surface area contributed by atoms with Crippen molar-refractivity contribution in [1.82, 2.24) is 29.5 Å². The summed E-state index contributed by atoms with van der Waals surface area (Å²) in [5.74, 6) is -1.70. The number of hydrogen-bond donors (Lipinski definition) is 2. The number of nitrogens with one attached hydrogen (secondary N) is 1. The quantitative estimate of drug-likeness (QED) is 0.487. The number of carbonyl (C=O) groups is 1. The fourth-order valence-electron chi connectivity index (χ4n) is 4.13. The molecule has 0 aliphatic carbocycles. The van der Waals surface area contributed by atoms with Gasteiger partial charge in [-0.15, -0.1) is 0 Å². The zero-order valence-electron chi connectivity index (χ0n) is 18.2. The number of aromatic nitrogens is 5. The summed E-state index contributed by atoms with van der Waals surface area (Å²) in [7, 11) is 0. The van der Waals surface area contributed by atoms with E-state index in [9.17, 15) is 18.7 Å². The normalized spacial score (nSPS) is 16.6. The van der Waals surface area contributed by atoms with Gasteiger partial charge in [-0.05, 0) is 39.0 Å². The molecule has 172 valence electrons. The highest BCUT2D eigenvalue weighted by Crippen LogP contribution is 2.36.